The maximum Gasteiger partial charge on any atom is 0.407 e. The second-order valence-corrected chi connectivity index (χ2v) is 6.64. The Balaban J connectivity index is 2.04. The molecule has 1 atom stereocenters. The van der Waals surface area contributed by atoms with Crippen LogP contribution in [0, 0.1) is 0 Å². The lowest BCUT2D eigenvalue weighted by Crippen LogP contribution is -2.36. The number of rotatable bonds is 11. The van der Waals surface area contributed by atoms with E-state index in [1.54, 1.807) is 27.4 Å². The number of carbonyl (C=O) groups is 2. The third kappa shape index (κ3) is 7.07. The zero-order valence-corrected chi connectivity index (χ0v) is 17.7. The summed E-state index contributed by atoms with van der Waals surface area (Å²) in [4.78, 5) is 22.4. The van der Waals surface area contributed by atoms with E-state index < -0.39 is 24.7 Å². The Morgan fingerprint density at radius 1 is 0.935 bits per heavy atom. The first-order valence-electron chi connectivity index (χ1n) is 9.56. The molecule has 0 fully saturated rings. The highest BCUT2D eigenvalue weighted by Crippen LogP contribution is 2.28. The summed E-state index contributed by atoms with van der Waals surface area (Å²) in [5.41, 5.74) is 2.77. The smallest absolute Gasteiger partial charge is 0.407 e. The van der Waals surface area contributed by atoms with E-state index in [-0.39, 0.29) is 6.61 Å². The van der Waals surface area contributed by atoms with Gasteiger partial charge >= 0.3 is 12.1 Å². The number of aliphatic carboxylic acids is 1. The molecule has 0 saturated heterocycles. The highest BCUT2D eigenvalue weighted by atomic mass is 16.5. The molecule has 0 aliphatic carbocycles. The number of hydrogen-bond acceptors (Lipinski definition) is 7. The van der Waals surface area contributed by atoms with Crippen LogP contribution in [0.3, 0.4) is 0 Å². The average molecular weight is 433 g/mol. The predicted octanol–water partition coefficient (Wildman–Crippen LogP) is 2.17. The van der Waals surface area contributed by atoms with Gasteiger partial charge in [0.1, 0.15) is 12.4 Å². The van der Waals surface area contributed by atoms with Gasteiger partial charge in [0, 0.05) is 0 Å². The number of ether oxygens (including phenoxy) is 4. The molecule has 1 unspecified atom stereocenters. The van der Waals surface area contributed by atoms with Crippen LogP contribution in [0.1, 0.15) is 16.7 Å². The first-order chi connectivity index (χ1) is 14.9. The van der Waals surface area contributed by atoms with Crippen molar-refractivity contribution in [1.82, 2.24) is 5.32 Å². The number of alkyl carbamates (subject to hydrolysis) is 1. The number of benzene rings is 2. The van der Waals surface area contributed by atoms with Gasteiger partial charge in [0.15, 0.2) is 17.6 Å². The van der Waals surface area contributed by atoms with Crippen LogP contribution in [0.5, 0.6) is 17.2 Å². The minimum absolute atomic E-state index is 0.0136. The molecule has 0 aliphatic rings. The minimum Gasteiger partial charge on any atom is -0.497 e. The Morgan fingerprint density at radius 3 is 2.32 bits per heavy atom. The number of amides is 1. The number of aryl methyl sites for hydroxylation is 2. The van der Waals surface area contributed by atoms with Gasteiger partial charge in [-0.25, -0.2) is 9.59 Å². The summed E-state index contributed by atoms with van der Waals surface area (Å²) in [5.74, 6) is 0.558. The van der Waals surface area contributed by atoms with Crippen molar-refractivity contribution in [3.63, 3.8) is 0 Å². The van der Waals surface area contributed by atoms with E-state index >= 15 is 0 Å². The fraction of sp³-hybridized carbons (Fsp3) is 0.364. The largest absolute Gasteiger partial charge is 0.497 e. The molecule has 2 rings (SSSR count). The quantitative estimate of drug-likeness (QED) is 0.493. The van der Waals surface area contributed by atoms with Crippen LogP contribution in [0.2, 0.25) is 0 Å². The van der Waals surface area contributed by atoms with E-state index in [9.17, 15) is 14.7 Å². The van der Waals surface area contributed by atoms with Crippen molar-refractivity contribution in [1.29, 1.82) is 0 Å². The van der Waals surface area contributed by atoms with Crippen molar-refractivity contribution in [2.45, 2.75) is 25.6 Å². The van der Waals surface area contributed by atoms with Crippen LogP contribution in [-0.4, -0.2) is 56.3 Å². The van der Waals surface area contributed by atoms with Gasteiger partial charge in [-0.15, -0.1) is 0 Å². The number of hydrogen-bond donors (Lipinski definition) is 3. The van der Waals surface area contributed by atoms with Crippen molar-refractivity contribution >= 4 is 12.1 Å². The number of nitrogens with one attached hydrogen (secondary N) is 1. The fourth-order valence-electron chi connectivity index (χ4n) is 2.88. The number of aliphatic hydroxyl groups excluding tert-OH is 1. The maximum atomic E-state index is 11.8. The SMILES string of the molecule is COc1ccc(COC(=O)NCC(O)C(=O)O)c(CCc2ccc(OC)c(OC)c2)c1. The molecule has 1 amide bonds. The molecule has 2 aromatic carbocycles. The average Bonchev–Trinajstić information content (AvgIpc) is 2.79. The van der Waals surface area contributed by atoms with Gasteiger partial charge < -0.3 is 34.5 Å². The Morgan fingerprint density at radius 2 is 1.68 bits per heavy atom. The zero-order valence-electron chi connectivity index (χ0n) is 17.7. The Labute approximate surface area is 180 Å². The van der Waals surface area contributed by atoms with Gasteiger partial charge in [0.2, 0.25) is 0 Å². The summed E-state index contributed by atoms with van der Waals surface area (Å²) in [6.07, 6.45) is -1.14. The molecule has 0 bridgehead atoms. The molecule has 0 aromatic heterocycles. The standard InChI is InChI=1S/C22H27NO8/c1-28-17-8-7-16(13-31-22(27)23-12-18(24)21(25)26)15(11-17)6-4-14-5-9-19(29-2)20(10-14)30-3/h5,7-11,18,24H,4,6,12-13H2,1-3H3,(H,23,27)(H,25,26). The van der Waals surface area contributed by atoms with Crippen LogP contribution in [0.25, 0.3) is 0 Å². The molecule has 2 aromatic rings. The molecule has 0 heterocycles. The van der Waals surface area contributed by atoms with E-state index in [2.05, 4.69) is 5.32 Å². The third-order valence-corrected chi connectivity index (χ3v) is 4.63. The second-order valence-electron chi connectivity index (χ2n) is 6.64. The topological polar surface area (TPSA) is 124 Å². The molecule has 0 radical (unpaired) electrons. The number of aliphatic hydroxyl groups is 1. The first kappa shape index (κ1) is 23.8. The van der Waals surface area contributed by atoms with Crippen LogP contribution in [0.15, 0.2) is 36.4 Å². The molecule has 3 N–H and O–H groups in total. The van der Waals surface area contributed by atoms with Crippen molar-refractivity contribution in [3.8, 4) is 17.2 Å². The van der Waals surface area contributed by atoms with Gasteiger partial charge in [-0.3, -0.25) is 0 Å². The molecular weight excluding hydrogens is 406 g/mol. The normalized spacial score (nSPS) is 11.4. The molecule has 9 nitrogen and oxygen atoms in total. The highest BCUT2D eigenvalue weighted by molar-refractivity contribution is 5.74. The summed E-state index contributed by atoms with van der Waals surface area (Å²) < 4.78 is 21.1. The monoisotopic (exact) mass is 433 g/mol. The highest BCUT2D eigenvalue weighted by Gasteiger charge is 2.15. The Kier molecular flexibility index (Phi) is 8.95. The van der Waals surface area contributed by atoms with E-state index in [1.807, 2.05) is 30.3 Å². The molecule has 31 heavy (non-hydrogen) atoms. The van der Waals surface area contributed by atoms with E-state index in [0.717, 1.165) is 16.7 Å². The van der Waals surface area contributed by atoms with Crippen LogP contribution >= 0.6 is 0 Å². The minimum atomic E-state index is -1.69. The number of carboxylic acids is 1. The fourth-order valence-corrected chi connectivity index (χ4v) is 2.88. The Hall–Kier alpha value is -3.46. The maximum absolute atomic E-state index is 11.8. The zero-order chi connectivity index (χ0) is 22.8. The van der Waals surface area contributed by atoms with E-state index in [0.29, 0.717) is 30.1 Å². The van der Waals surface area contributed by atoms with Crippen LogP contribution in [0.4, 0.5) is 4.79 Å². The molecule has 9 heteroatoms. The van der Waals surface area contributed by atoms with Crippen molar-refractivity contribution < 1.29 is 38.7 Å². The van der Waals surface area contributed by atoms with Crippen LogP contribution < -0.4 is 19.5 Å². The summed E-state index contributed by atoms with van der Waals surface area (Å²) in [7, 11) is 4.74. The van der Waals surface area contributed by atoms with Crippen molar-refractivity contribution in [2.24, 2.45) is 0 Å². The molecule has 0 spiro atoms. The van der Waals surface area contributed by atoms with Crippen molar-refractivity contribution in [3.05, 3.63) is 53.1 Å². The first-order valence-corrected chi connectivity index (χ1v) is 9.56. The molecule has 168 valence electrons. The summed E-state index contributed by atoms with van der Waals surface area (Å²) in [5, 5.41) is 20.1. The van der Waals surface area contributed by atoms with Gasteiger partial charge in [0.25, 0.3) is 0 Å². The van der Waals surface area contributed by atoms with Gasteiger partial charge in [-0.2, -0.15) is 0 Å². The van der Waals surface area contributed by atoms with Crippen LogP contribution in [-0.2, 0) is 29.0 Å². The molecule has 0 saturated carbocycles. The van der Waals surface area contributed by atoms with E-state index in [1.165, 1.54) is 0 Å². The van der Waals surface area contributed by atoms with Gasteiger partial charge in [-0.05, 0) is 53.8 Å². The molecule has 0 aliphatic heterocycles. The van der Waals surface area contributed by atoms with Gasteiger partial charge in [-0.1, -0.05) is 12.1 Å². The Bertz CT molecular complexity index is 899. The summed E-state index contributed by atoms with van der Waals surface area (Å²) >= 11 is 0. The lowest BCUT2D eigenvalue weighted by Gasteiger charge is -2.14. The lowest BCUT2D eigenvalue weighted by atomic mass is 9.99. The second kappa shape index (κ2) is 11.7. The number of carboxylic acid groups (broad SMARTS) is 1. The summed E-state index contributed by atoms with van der Waals surface area (Å²) in [6.45, 7) is -0.455. The third-order valence-electron chi connectivity index (χ3n) is 4.63. The van der Waals surface area contributed by atoms with E-state index in [4.69, 9.17) is 24.1 Å². The predicted molar refractivity (Wildman–Crippen MR) is 112 cm³/mol. The molecular formula is C22H27NO8. The number of carbonyl (C=O) groups excluding carboxylic acids is 1. The van der Waals surface area contributed by atoms with Crippen molar-refractivity contribution in [2.75, 3.05) is 27.9 Å². The lowest BCUT2D eigenvalue weighted by molar-refractivity contribution is -0.146. The van der Waals surface area contributed by atoms with Gasteiger partial charge in [0.05, 0.1) is 27.9 Å². The summed E-state index contributed by atoms with van der Waals surface area (Å²) in [6, 6.07) is 11.2. The number of methoxy groups -OCH3 is 3.